The Balaban J connectivity index is 1.30. The van der Waals surface area contributed by atoms with Gasteiger partial charge in [-0.15, -0.1) is 0 Å². The van der Waals surface area contributed by atoms with Crippen LogP contribution in [0.4, 0.5) is 4.79 Å². The third-order valence-electron chi connectivity index (χ3n) is 7.86. The van der Waals surface area contributed by atoms with Crippen molar-refractivity contribution in [2.45, 2.75) is 32.7 Å². The number of carboxylic acids is 1. The first-order valence-electron chi connectivity index (χ1n) is 16.0. The number of pyridine rings is 1. The van der Waals surface area contributed by atoms with Gasteiger partial charge in [0.15, 0.2) is 17.5 Å². The topological polar surface area (TPSA) is 208 Å². The van der Waals surface area contributed by atoms with E-state index in [-0.39, 0.29) is 19.8 Å². The van der Waals surface area contributed by atoms with Crippen molar-refractivity contribution in [2.75, 3.05) is 32.9 Å². The van der Waals surface area contributed by atoms with Crippen molar-refractivity contribution in [3.8, 4) is 46.3 Å². The number of aromatic nitrogens is 1. The third-order valence-corrected chi connectivity index (χ3v) is 7.86. The quantitative estimate of drug-likeness (QED) is 0.113. The number of ether oxygens (including phenoxy) is 4. The molecule has 3 aromatic carbocycles. The van der Waals surface area contributed by atoms with Crippen LogP contribution in [0.5, 0.6) is 23.0 Å². The molecule has 0 fully saturated rings. The third kappa shape index (κ3) is 9.42. The lowest BCUT2D eigenvalue weighted by atomic mass is 9.96. The lowest BCUT2D eigenvalue weighted by Gasteiger charge is -2.19. The van der Waals surface area contributed by atoms with Crippen LogP contribution in [-0.4, -0.2) is 66.1 Å². The molecule has 14 heteroatoms. The summed E-state index contributed by atoms with van der Waals surface area (Å²) >= 11 is 0. The first-order chi connectivity index (χ1) is 24.8. The predicted octanol–water partition coefficient (Wildman–Crippen LogP) is 3.56. The molecule has 5 N–H and O–H groups in total. The van der Waals surface area contributed by atoms with Crippen molar-refractivity contribution in [1.29, 1.82) is 10.5 Å². The number of amides is 2. The smallest absolute Gasteiger partial charge is 0.328 e. The van der Waals surface area contributed by atoms with Crippen LogP contribution >= 0.6 is 0 Å². The van der Waals surface area contributed by atoms with Gasteiger partial charge in [-0.3, -0.25) is 4.98 Å². The van der Waals surface area contributed by atoms with Crippen LogP contribution in [0.2, 0.25) is 0 Å². The summed E-state index contributed by atoms with van der Waals surface area (Å²) in [7, 11) is 0. The number of hydrogen-bond acceptors (Lipinski definition) is 11. The first kappa shape index (κ1) is 35.9. The van der Waals surface area contributed by atoms with Gasteiger partial charge >= 0.3 is 12.0 Å². The summed E-state index contributed by atoms with van der Waals surface area (Å²) in [6.45, 7) is 3.22. The van der Waals surface area contributed by atoms with Crippen LogP contribution in [-0.2, 0) is 24.6 Å². The largest absolute Gasteiger partial charge is 0.488 e. The van der Waals surface area contributed by atoms with Crippen LogP contribution in [0.1, 0.15) is 33.4 Å². The van der Waals surface area contributed by atoms with Crippen molar-refractivity contribution in [3.63, 3.8) is 0 Å². The fourth-order valence-electron chi connectivity index (χ4n) is 5.29. The monoisotopic (exact) mass is 692 g/mol. The maximum atomic E-state index is 12.0. The first-order valence-corrected chi connectivity index (χ1v) is 16.0. The Kier molecular flexibility index (Phi) is 12.2. The number of aliphatic carboxylic acids is 1. The molecule has 0 bridgehead atoms. The molecule has 262 valence electrons. The van der Waals surface area contributed by atoms with E-state index < -0.39 is 24.6 Å². The zero-order valence-corrected chi connectivity index (χ0v) is 27.8. The maximum Gasteiger partial charge on any atom is 0.328 e. The summed E-state index contributed by atoms with van der Waals surface area (Å²) in [5.74, 6) is 1.01. The number of benzene rings is 3. The number of aliphatic hydroxyl groups excluding tert-OH is 1. The van der Waals surface area contributed by atoms with Gasteiger partial charge in [0.2, 0.25) is 0 Å². The Bertz CT molecular complexity index is 1970. The van der Waals surface area contributed by atoms with Crippen molar-refractivity contribution >= 4 is 12.0 Å². The van der Waals surface area contributed by atoms with Gasteiger partial charge in [0.25, 0.3) is 0 Å². The van der Waals surface area contributed by atoms with Crippen LogP contribution in [0, 0.1) is 29.6 Å². The van der Waals surface area contributed by atoms with Crippen molar-refractivity contribution in [3.05, 3.63) is 100 Å². The molecule has 0 saturated carbocycles. The van der Waals surface area contributed by atoms with Gasteiger partial charge in [-0.05, 0) is 47.9 Å². The number of rotatable bonds is 15. The Morgan fingerprint density at radius 2 is 1.75 bits per heavy atom. The molecular formula is C37H36N6O8. The Morgan fingerprint density at radius 1 is 0.941 bits per heavy atom. The van der Waals surface area contributed by atoms with Gasteiger partial charge in [0.05, 0.1) is 17.7 Å². The maximum absolute atomic E-state index is 12.0. The lowest BCUT2D eigenvalue weighted by Crippen LogP contribution is -2.48. The fraction of sp³-hybridized carbons (Fsp3) is 0.270. The number of aliphatic hydroxyl groups is 1. The van der Waals surface area contributed by atoms with E-state index in [1.165, 1.54) is 6.20 Å². The molecule has 2 heterocycles. The second-order valence-electron chi connectivity index (χ2n) is 11.5. The van der Waals surface area contributed by atoms with E-state index in [0.717, 1.165) is 22.3 Å². The van der Waals surface area contributed by atoms with Gasteiger partial charge in [-0.1, -0.05) is 24.3 Å². The molecule has 0 saturated heterocycles. The Labute approximate surface area is 294 Å². The van der Waals surface area contributed by atoms with Crippen LogP contribution in [0.25, 0.3) is 11.1 Å². The number of nitriles is 2. The molecule has 0 radical (unpaired) electrons. The van der Waals surface area contributed by atoms with E-state index in [1.807, 2.05) is 49.4 Å². The summed E-state index contributed by atoms with van der Waals surface area (Å²) in [4.78, 5) is 27.1. The molecule has 0 aliphatic carbocycles. The zero-order chi connectivity index (χ0) is 36.2. The summed E-state index contributed by atoms with van der Waals surface area (Å²) < 4.78 is 23.9. The number of carbonyl (C=O) groups excluding carboxylic acids is 1. The van der Waals surface area contributed by atoms with E-state index in [4.69, 9.17) is 29.2 Å². The summed E-state index contributed by atoms with van der Waals surface area (Å²) in [5, 5.41) is 45.5. The number of nitrogens with zero attached hydrogens (tertiary/aromatic N) is 3. The molecule has 2 amide bonds. The summed E-state index contributed by atoms with van der Waals surface area (Å²) in [6, 6.07) is 18.9. The molecule has 14 nitrogen and oxygen atoms in total. The highest BCUT2D eigenvalue weighted by Gasteiger charge is 2.19. The second kappa shape index (κ2) is 17.3. The minimum absolute atomic E-state index is 0.111. The minimum Gasteiger partial charge on any atom is -0.488 e. The second-order valence-corrected chi connectivity index (χ2v) is 11.5. The molecule has 51 heavy (non-hydrogen) atoms. The summed E-state index contributed by atoms with van der Waals surface area (Å²) in [6.07, 6.45) is 3.08. The van der Waals surface area contributed by atoms with Gasteiger partial charge in [-0.25, -0.2) is 9.59 Å². The average Bonchev–Trinajstić information content (AvgIpc) is 3.15. The Morgan fingerprint density at radius 3 is 2.51 bits per heavy atom. The number of nitrogens with one attached hydrogen (secondary N) is 3. The molecule has 0 spiro atoms. The molecule has 0 unspecified atom stereocenters. The average molecular weight is 693 g/mol. The minimum atomic E-state index is -1.40. The molecule has 4 aromatic rings. The van der Waals surface area contributed by atoms with Crippen molar-refractivity contribution < 1.29 is 38.7 Å². The number of hydrogen-bond donors (Lipinski definition) is 5. The molecule has 5 rings (SSSR count). The van der Waals surface area contributed by atoms with Crippen molar-refractivity contribution in [1.82, 2.24) is 20.9 Å². The van der Waals surface area contributed by atoms with E-state index in [0.29, 0.717) is 71.6 Å². The zero-order valence-electron chi connectivity index (χ0n) is 27.8. The molecule has 1 atom stereocenters. The molecule has 1 aliphatic rings. The van der Waals surface area contributed by atoms with E-state index in [1.54, 1.807) is 18.3 Å². The van der Waals surface area contributed by atoms with E-state index in [9.17, 15) is 20.1 Å². The predicted molar refractivity (Wildman–Crippen MR) is 183 cm³/mol. The van der Waals surface area contributed by atoms with Crippen LogP contribution < -0.4 is 34.9 Å². The van der Waals surface area contributed by atoms with E-state index in [2.05, 4.69) is 33.1 Å². The lowest BCUT2D eigenvalue weighted by molar-refractivity contribution is -0.140. The highest BCUT2D eigenvalue weighted by atomic mass is 16.6. The SMILES string of the molecule is Cc1cc(CNCCNC(=O)N[C@@H](CO)C(=O)O)c(OCc2cncc(C#N)c2)cc1OCc1cccc(-c2ccc3c(c2)OCCO3)c1C#N. The molecular weight excluding hydrogens is 656 g/mol. The fourth-order valence-corrected chi connectivity index (χ4v) is 5.29. The number of aryl methyl sites for hydroxylation is 1. The molecule has 1 aromatic heterocycles. The number of carbonyl (C=O) groups is 2. The normalized spacial score (nSPS) is 12.2. The van der Waals surface area contributed by atoms with Gasteiger partial charge in [0.1, 0.15) is 50.1 Å². The summed E-state index contributed by atoms with van der Waals surface area (Å²) in [5.41, 5.74) is 5.45. The van der Waals surface area contributed by atoms with Gasteiger partial charge in [0, 0.05) is 54.8 Å². The van der Waals surface area contributed by atoms with Gasteiger partial charge < -0.3 is 45.1 Å². The number of fused-ring (bicyclic) bond motifs is 1. The van der Waals surface area contributed by atoms with E-state index >= 15 is 0 Å². The van der Waals surface area contributed by atoms with Crippen molar-refractivity contribution in [2.24, 2.45) is 0 Å². The number of urea groups is 1. The molecule has 1 aliphatic heterocycles. The van der Waals surface area contributed by atoms with Gasteiger partial charge in [-0.2, -0.15) is 10.5 Å². The van der Waals surface area contributed by atoms with Crippen LogP contribution in [0.15, 0.2) is 67.0 Å². The highest BCUT2D eigenvalue weighted by Crippen LogP contribution is 2.37. The van der Waals surface area contributed by atoms with Crippen LogP contribution in [0.3, 0.4) is 0 Å². The highest BCUT2D eigenvalue weighted by molar-refractivity contribution is 5.82. The Hall–Kier alpha value is -6.35. The number of carboxylic acid groups (broad SMARTS) is 1. The standard InChI is InChI=1S/C37H36N6O8/c1-23-11-28(19-40-7-8-42-37(47)43-31(20-44)36(45)46)34(50-21-25-12-24(15-38)17-41-18-25)14-33(23)51-22-27-3-2-4-29(30(27)16-39)26-5-6-32-35(13-26)49-10-9-48-32/h2-6,11-14,17-18,31,40,44H,7-10,19-22H2,1H3,(H,45,46)(H2,42,43,47)/t31-/m0/s1.